The van der Waals surface area contributed by atoms with Crippen molar-refractivity contribution in [2.45, 2.75) is 62.9 Å². The summed E-state index contributed by atoms with van der Waals surface area (Å²) in [6, 6.07) is -4.77. The maximum absolute atomic E-state index is 13.2. The summed E-state index contributed by atoms with van der Waals surface area (Å²) in [5.41, 5.74) is 16.8. The molecule has 1 aromatic heterocycles. The van der Waals surface area contributed by atoms with Gasteiger partial charge in [-0.1, -0.05) is 0 Å². The van der Waals surface area contributed by atoms with Crippen LogP contribution in [0.4, 0.5) is 0 Å². The Bertz CT molecular complexity index is 908. The van der Waals surface area contributed by atoms with E-state index >= 15 is 0 Å². The number of carbonyl (C=O) groups is 4. The lowest BCUT2D eigenvalue weighted by molar-refractivity contribution is -0.142. The van der Waals surface area contributed by atoms with Gasteiger partial charge in [0.25, 0.3) is 0 Å². The predicted molar refractivity (Wildman–Crippen MR) is 138 cm³/mol. The Balaban J connectivity index is 3.08. The number of H-pyrrole nitrogens is 1. The highest BCUT2D eigenvalue weighted by atomic mass is 32.2. The lowest BCUT2D eigenvalue weighted by Crippen LogP contribution is -2.58. The second-order valence-electron chi connectivity index (χ2n) is 8.30. The van der Waals surface area contributed by atoms with Crippen LogP contribution in [0.5, 0.6) is 0 Å². The monoisotopic (exact) mass is 543 g/mol. The van der Waals surface area contributed by atoms with Crippen molar-refractivity contribution in [1.82, 2.24) is 25.9 Å². The van der Waals surface area contributed by atoms with E-state index < -0.39 is 54.0 Å². The Morgan fingerprint density at radius 3 is 2.24 bits per heavy atom. The van der Waals surface area contributed by atoms with Gasteiger partial charge < -0.3 is 48.3 Å². The molecule has 0 radical (unpaired) electrons. The molecule has 0 saturated carbocycles. The van der Waals surface area contributed by atoms with Gasteiger partial charge in [-0.05, 0) is 38.2 Å². The summed E-state index contributed by atoms with van der Waals surface area (Å²) >= 11 is 1.43. The molecule has 12 N–H and O–H groups in total. The average Bonchev–Trinajstić information content (AvgIpc) is 3.35. The topological polar surface area (TPSA) is 264 Å². The molecule has 0 aliphatic rings. The third kappa shape index (κ3) is 11.9. The van der Waals surface area contributed by atoms with Gasteiger partial charge in [0.15, 0.2) is 5.96 Å². The molecule has 1 heterocycles. The maximum Gasteiger partial charge on any atom is 0.326 e. The van der Waals surface area contributed by atoms with Crippen LogP contribution >= 0.6 is 11.8 Å². The number of rotatable bonds is 17. The smallest absolute Gasteiger partial charge is 0.326 e. The summed E-state index contributed by atoms with van der Waals surface area (Å²) in [5, 5.41) is 26.6. The van der Waals surface area contributed by atoms with Gasteiger partial charge in [0.05, 0.1) is 12.4 Å². The number of imidazole rings is 1. The summed E-state index contributed by atoms with van der Waals surface area (Å²) in [5.74, 6) is -3.04. The number of nitrogens with one attached hydrogen (secondary N) is 4. The number of aromatic nitrogens is 2. The van der Waals surface area contributed by atoms with Crippen LogP contribution < -0.4 is 33.2 Å². The number of aliphatic carboxylic acids is 1. The number of hydrogen-bond donors (Lipinski definition) is 9. The van der Waals surface area contributed by atoms with Crippen LogP contribution in [0.25, 0.3) is 0 Å². The lowest BCUT2D eigenvalue weighted by atomic mass is 10.1. The van der Waals surface area contributed by atoms with Crippen molar-refractivity contribution in [1.29, 1.82) is 0 Å². The van der Waals surface area contributed by atoms with Crippen molar-refractivity contribution in [3.05, 3.63) is 18.2 Å². The summed E-state index contributed by atoms with van der Waals surface area (Å²) in [6.45, 7) is 1.51. The highest BCUT2D eigenvalue weighted by molar-refractivity contribution is 7.98. The molecule has 3 amide bonds. The number of nitrogens with two attached hydrogens (primary N) is 3. The average molecular weight is 544 g/mol. The molecule has 1 rings (SSSR count). The zero-order valence-electron chi connectivity index (χ0n) is 20.8. The number of hydrogen-bond acceptors (Lipinski definition) is 9. The number of nitrogens with zero attached hydrogens (tertiary/aromatic N) is 2. The van der Waals surface area contributed by atoms with Crippen LogP contribution in [0.3, 0.4) is 0 Å². The summed E-state index contributed by atoms with van der Waals surface area (Å²) in [7, 11) is 0. The van der Waals surface area contributed by atoms with Crippen LogP contribution in [0.1, 0.15) is 31.9 Å². The fourth-order valence-corrected chi connectivity index (χ4v) is 3.59. The van der Waals surface area contributed by atoms with Crippen LogP contribution in [-0.4, -0.2) is 98.7 Å². The van der Waals surface area contributed by atoms with Crippen molar-refractivity contribution in [3.63, 3.8) is 0 Å². The molecule has 5 atom stereocenters. The van der Waals surface area contributed by atoms with Gasteiger partial charge in [-0.25, -0.2) is 9.78 Å². The Kier molecular flexibility index (Phi) is 14.0. The standard InChI is InChI=1S/C21H37N9O6S/c1-11(31)16(22)19(34)28-13(4-3-6-26-21(23)24)17(32)30-15(8-12-9-25-10-27-12)18(33)29-14(20(35)36)5-7-37-2/h9-11,13-16,31H,3-8,22H2,1-2H3,(H,25,27)(H,28,34)(H,29,33)(H,30,32)(H,35,36)(H4,23,24,26). The number of carboxylic acid groups (broad SMARTS) is 1. The zero-order valence-corrected chi connectivity index (χ0v) is 21.7. The highest BCUT2D eigenvalue weighted by Crippen LogP contribution is 2.06. The number of aliphatic imine (C=N–C) groups is 1. The van der Waals surface area contributed by atoms with E-state index in [1.165, 1.54) is 31.2 Å². The Labute approximate surface area is 218 Å². The number of aliphatic hydroxyl groups excluding tert-OH is 1. The number of amides is 3. The Morgan fingerprint density at radius 1 is 1.08 bits per heavy atom. The molecule has 0 fully saturated rings. The van der Waals surface area contributed by atoms with Gasteiger partial charge in [-0.15, -0.1) is 0 Å². The predicted octanol–water partition coefficient (Wildman–Crippen LogP) is -2.99. The first kappa shape index (κ1) is 31.7. The molecular formula is C21H37N9O6S. The number of thioether (sulfide) groups is 1. The second-order valence-corrected chi connectivity index (χ2v) is 9.29. The van der Waals surface area contributed by atoms with Crippen molar-refractivity contribution in [2.24, 2.45) is 22.2 Å². The number of carboxylic acids is 1. The van der Waals surface area contributed by atoms with Crippen molar-refractivity contribution < 1.29 is 29.4 Å². The van der Waals surface area contributed by atoms with Gasteiger partial charge in [0.2, 0.25) is 17.7 Å². The third-order valence-corrected chi connectivity index (χ3v) is 5.88. The van der Waals surface area contributed by atoms with Crippen LogP contribution in [0.2, 0.25) is 0 Å². The SMILES string of the molecule is CSCCC(NC(=O)C(Cc1cnc[nH]1)NC(=O)C(CCCN=C(N)N)NC(=O)C(N)C(C)O)C(=O)O. The first-order valence-corrected chi connectivity index (χ1v) is 12.9. The van der Waals surface area contributed by atoms with E-state index in [-0.39, 0.29) is 31.8 Å². The Hall–Kier alpha value is -3.37. The molecule has 15 nitrogen and oxygen atoms in total. The molecule has 0 aliphatic heterocycles. The lowest BCUT2D eigenvalue weighted by Gasteiger charge is -2.25. The minimum absolute atomic E-state index is 0.0195. The fraction of sp³-hybridized carbons (Fsp3) is 0.619. The van der Waals surface area contributed by atoms with E-state index in [4.69, 9.17) is 17.2 Å². The zero-order chi connectivity index (χ0) is 28.0. The van der Waals surface area contributed by atoms with E-state index in [0.29, 0.717) is 17.9 Å². The number of aliphatic hydroxyl groups is 1. The van der Waals surface area contributed by atoms with E-state index in [1.807, 2.05) is 6.26 Å². The molecule has 1 aromatic rings. The van der Waals surface area contributed by atoms with Gasteiger partial charge in [-0.3, -0.25) is 19.4 Å². The fourth-order valence-electron chi connectivity index (χ4n) is 3.12. The molecule has 208 valence electrons. The quantitative estimate of drug-likeness (QED) is 0.0543. The molecule has 16 heteroatoms. The largest absolute Gasteiger partial charge is 0.480 e. The van der Waals surface area contributed by atoms with Crippen molar-refractivity contribution in [2.75, 3.05) is 18.6 Å². The van der Waals surface area contributed by atoms with E-state index in [9.17, 15) is 29.4 Å². The molecule has 5 unspecified atom stereocenters. The van der Waals surface area contributed by atoms with Crippen molar-refractivity contribution in [3.8, 4) is 0 Å². The number of guanidine groups is 1. The molecule has 0 aromatic carbocycles. The Morgan fingerprint density at radius 2 is 1.70 bits per heavy atom. The molecule has 0 saturated heterocycles. The number of aromatic amines is 1. The van der Waals surface area contributed by atoms with Gasteiger partial charge in [-0.2, -0.15) is 11.8 Å². The third-order valence-electron chi connectivity index (χ3n) is 5.24. The van der Waals surface area contributed by atoms with Crippen molar-refractivity contribution >= 4 is 41.4 Å². The first-order chi connectivity index (χ1) is 17.5. The molecule has 37 heavy (non-hydrogen) atoms. The number of carbonyl (C=O) groups excluding carboxylic acids is 3. The minimum atomic E-state index is -1.29. The normalized spacial score (nSPS) is 14.9. The summed E-state index contributed by atoms with van der Waals surface area (Å²) < 4.78 is 0. The maximum atomic E-state index is 13.2. The molecule has 0 bridgehead atoms. The summed E-state index contributed by atoms with van der Waals surface area (Å²) in [4.78, 5) is 60.9. The van der Waals surface area contributed by atoms with E-state index in [2.05, 4.69) is 30.9 Å². The highest BCUT2D eigenvalue weighted by Gasteiger charge is 2.31. The molecular weight excluding hydrogens is 506 g/mol. The van der Waals surface area contributed by atoms with E-state index in [1.54, 1.807) is 0 Å². The van der Waals surface area contributed by atoms with Gasteiger partial charge in [0.1, 0.15) is 24.2 Å². The van der Waals surface area contributed by atoms with Crippen LogP contribution in [-0.2, 0) is 25.6 Å². The molecule has 0 spiro atoms. The van der Waals surface area contributed by atoms with E-state index in [0.717, 1.165) is 0 Å². The minimum Gasteiger partial charge on any atom is -0.480 e. The van der Waals surface area contributed by atoms with Gasteiger partial charge in [0, 0.05) is 24.9 Å². The first-order valence-electron chi connectivity index (χ1n) is 11.5. The van der Waals surface area contributed by atoms with Gasteiger partial charge >= 0.3 is 5.97 Å². The molecule has 0 aliphatic carbocycles. The second kappa shape index (κ2) is 16.4. The van der Waals surface area contributed by atoms with Crippen LogP contribution in [0.15, 0.2) is 17.5 Å². The summed E-state index contributed by atoms with van der Waals surface area (Å²) in [6.07, 6.45) is 4.06. The van der Waals surface area contributed by atoms with Crippen LogP contribution in [0, 0.1) is 0 Å².